The first-order chi connectivity index (χ1) is 5.50. The van der Waals surface area contributed by atoms with Gasteiger partial charge in [-0.1, -0.05) is 0 Å². The zero-order valence-electron chi connectivity index (χ0n) is 6.31. The second-order valence-corrected chi connectivity index (χ2v) is 1.83. The molecule has 0 radical (unpaired) electrons. The Bertz CT molecular complexity index is 208. The van der Waals surface area contributed by atoms with Crippen LogP contribution in [0.5, 0.6) is 0 Å². The van der Waals surface area contributed by atoms with Gasteiger partial charge in [0.2, 0.25) is 6.10 Å². The molecule has 0 saturated heterocycles. The van der Waals surface area contributed by atoms with Gasteiger partial charge in [0.25, 0.3) is 5.78 Å². The van der Waals surface area contributed by atoms with Crippen molar-refractivity contribution in [1.29, 1.82) is 0 Å². The molecule has 12 heavy (non-hydrogen) atoms. The average Bonchev–Trinajstić information content (AvgIpc) is 2.02. The molecular formula is C6H8O6. The fraction of sp³-hybridized carbons (Fsp3) is 0.500. The average molecular weight is 176 g/mol. The SMILES string of the molecule is CCOC(=O)C(=O)C(O)C(=O)O. The van der Waals surface area contributed by atoms with Crippen molar-refractivity contribution in [2.45, 2.75) is 13.0 Å². The molecule has 0 aliphatic heterocycles. The summed E-state index contributed by atoms with van der Waals surface area (Å²) in [5.41, 5.74) is 0. The Morgan fingerprint density at radius 1 is 1.42 bits per heavy atom. The molecular weight excluding hydrogens is 168 g/mol. The summed E-state index contributed by atoms with van der Waals surface area (Å²) in [7, 11) is 0. The van der Waals surface area contributed by atoms with E-state index >= 15 is 0 Å². The van der Waals surface area contributed by atoms with Crippen LogP contribution in [0, 0.1) is 0 Å². The summed E-state index contributed by atoms with van der Waals surface area (Å²) < 4.78 is 4.16. The molecule has 0 aromatic rings. The second-order valence-electron chi connectivity index (χ2n) is 1.83. The molecule has 0 aromatic heterocycles. The highest BCUT2D eigenvalue weighted by molar-refractivity contribution is 6.39. The predicted molar refractivity (Wildman–Crippen MR) is 35.3 cm³/mol. The molecule has 0 bridgehead atoms. The highest BCUT2D eigenvalue weighted by atomic mass is 16.5. The number of Topliss-reactive ketones (excluding diaryl/α,β-unsaturated/α-hetero) is 1. The number of ketones is 1. The molecule has 0 fully saturated rings. The van der Waals surface area contributed by atoms with E-state index < -0.39 is 23.8 Å². The Labute approximate surface area is 67.8 Å². The monoisotopic (exact) mass is 176 g/mol. The van der Waals surface area contributed by atoms with Crippen LogP contribution in [0.25, 0.3) is 0 Å². The van der Waals surface area contributed by atoms with Crippen molar-refractivity contribution < 1.29 is 29.3 Å². The Balaban J connectivity index is 4.19. The van der Waals surface area contributed by atoms with Crippen LogP contribution in [0.4, 0.5) is 0 Å². The number of carbonyl (C=O) groups excluding carboxylic acids is 2. The van der Waals surface area contributed by atoms with Gasteiger partial charge >= 0.3 is 11.9 Å². The lowest BCUT2D eigenvalue weighted by molar-refractivity contribution is -0.163. The number of carbonyl (C=O) groups is 3. The van der Waals surface area contributed by atoms with Gasteiger partial charge < -0.3 is 14.9 Å². The quantitative estimate of drug-likeness (QED) is 0.309. The van der Waals surface area contributed by atoms with E-state index in [1.807, 2.05) is 0 Å². The van der Waals surface area contributed by atoms with E-state index in [0.29, 0.717) is 0 Å². The zero-order valence-corrected chi connectivity index (χ0v) is 6.31. The van der Waals surface area contributed by atoms with E-state index in [1.54, 1.807) is 0 Å². The summed E-state index contributed by atoms with van der Waals surface area (Å²) >= 11 is 0. The molecule has 0 heterocycles. The maximum atomic E-state index is 10.6. The minimum atomic E-state index is -2.33. The maximum Gasteiger partial charge on any atom is 0.378 e. The molecule has 0 saturated carbocycles. The van der Waals surface area contributed by atoms with Crippen LogP contribution in [0.3, 0.4) is 0 Å². The number of hydrogen-bond donors (Lipinski definition) is 2. The van der Waals surface area contributed by atoms with Crippen molar-refractivity contribution in [3.63, 3.8) is 0 Å². The van der Waals surface area contributed by atoms with E-state index in [0.717, 1.165) is 0 Å². The summed E-state index contributed by atoms with van der Waals surface area (Å²) in [6.45, 7) is 1.41. The molecule has 68 valence electrons. The fourth-order valence-corrected chi connectivity index (χ4v) is 0.426. The molecule has 0 rings (SSSR count). The van der Waals surface area contributed by atoms with E-state index in [9.17, 15) is 14.4 Å². The van der Waals surface area contributed by atoms with Crippen LogP contribution in [-0.4, -0.2) is 40.6 Å². The third-order valence-electron chi connectivity index (χ3n) is 0.959. The van der Waals surface area contributed by atoms with E-state index in [-0.39, 0.29) is 6.61 Å². The standard InChI is InChI=1S/C6H8O6/c1-2-12-6(11)4(8)3(7)5(9)10/h3,7H,2H2,1H3,(H,9,10). The highest BCUT2D eigenvalue weighted by Gasteiger charge is 2.30. The summed E-state index contributed by atoms with van der Waals surface area (Å²) in [6, 6.07) is 0. The topological polar surface area (TPSA) is 101 Å². The number of aliphatic hydroxyl groups excluding tert-OH is 1. The molecule has 1 unspecified atom stereocenters. The first kappa shape index (κ1) is 10.6. The van der Waals surface area contributed by atoms with Crippen molar-refractivity contribution in [1.82, 2.24) is 0 Å². The number of carboxylic acid groups (broad SMARTS) is 1. The Hall–Kier alpha value is -1.43. The second kappa shape index (κ2) is 4.45. The Morgan fingerprint density at radius 2 is 1.92 bits per heavy atom. The largest absolute Gasteiger partial charge is 0.479 e. The number of hydrogen-bond acceptors (Lipinski definition) is 5. The summed E-state index contributed by atoms with van der Waals surface area (Å²) in [5.74, 6) is -4.58. The summed E-state index contributed by atoms with van der Waals surface area (Å²) in [5, 5.41) is 16.6. The molecule has 0 amide bonds. The van der Waals surface area contributed by atoms with Crippen LogP contribution in [-0.2, 0) is 19.1 Å². The molecule has 1 atom stereocenters. The van der Waals surface area contributed by atoms with Crippen molar-refractivity contribution in [3.8, 4) is 0 Å². The van der Waals surface area contributed by atoms with Gasteiger partial charge in [0, 0.05) is 0 Å². The van der Waals surface area contributed by atoms with Crippen LogP contribution in [0.2, 0.25) is 0 Å². The van der Waals surface area contributed by atoms with Crippen LogP contribution in [0.1, 0.15) is 6.92 Å². The third kappa shape index (κ3) is 2.67. The van der Waals surface area contributed by atoms with Crippen LogP contribution < -0.4 is 0 Å². The Kier molecular flexibility index (Phi) is 3.92. The van der Waals surface area contributed by atoms with Crippen molar-refractivity contribution in [2.75, 3.05) is 6.61 Å². The van der Waals surface area contributed by atoms with Gasteiger partial charge in [0.1, 0.15) is 0 Å². The van der Waals surface area contributed by atoms with Crippen LogP contribution in [0.15, 0.2) is 0 Å². The van der Waals surface area contributed by atoms with Gasteiger partial charge in [-0.2, -0.15) is 0 Å². The fourth-order valence-electron chi connectivity index (χ4n) is 0.426. The van der Waals surface area contributed by atoms with Crippen molar-refractivity contribution >= 4 is 17.7 Å². The molecule has 0 aliphatic carbocycles. The van der Waals surface area contributed by atoms with Gasteiger partial charge in [0.15, 0.2) is 0 Å². The van der Waals surface area contributed by atoms with Crippen molar-refractivity contribution in [3.05, 3.63) is 0 Å². The molecule has 0 aliphatic rings. The van der Waals surface area contributed by atoms with Gasteiger partial charge in [-0.25, -0.2) is 9.59 Å². The molecule has 6 nitrogen and oxygen atoms in total. The number of aliphatic carboxylic acids is 1. The van der Waals surface area contributed by atoms with Gasteiger partial charge in [-0.05, 0) is 6.92 Å². The maximum absolute atomic E-state index is 10.6. The minimum absolute atomic E-state index is 0.0447. The summed E-state index contributed by atoms with van der Waals surface area (Å²) in [4.78, 5) is 31.0. The van der Waals surface area contributed by atoms with E-state index in [1.165, 1.54) is 6.92 Å². The van der Waals surface area contributed by atoms with Gasteiger partial charge in [0.05, 0.1) is 6.61 Å². The first-order valence-electron chi connectivity index (χ1n) is 3.12. The Morgan fingerprint density at radius 3 is 2.25 bits per heavy atom. The lowest BCUT2D eigenvalue weighted by Gasteiger charge is -2.02. The third-order valence-corrected chi connectivity index (χ3v) is 0.959. The zero-order chi connectivity index (χ0) is 9.72. The molecule has 0 aromatic carbocycles. The van der Waals surface area contributed by atoms with E-state index in [2.05, 4.69) is 4.74 Å². The normalized spacial score (nSPS) is 11.8. The number of esters is 1. The smallest absolute Gasteiger partial charge is 0.378 e. The summed E-state index contributed by atoms with van der Waals surface area (Å²) in [6.07, 6.45) is -2.33. The van der Waals surface area contributed by atoms with Crippen LogP contribution >= 0.6 is 0 Å². The van der Waals surface area contributed by atoms with Crippen molar-refractivity contribution in [2.24, 2.45) is 0 Å². The lowest BCUT2D eigenvalue weighted by atomic mass is 10.2. The number of rotatable bonds is 4. The molecule has 6 heteroatoms. The number of aliphatic hydroxyl groups is 1. The predicted octanol–water partition coefficient (Wildman–Crippen LogP) is -1.44. The lowest BCUT2D eigenvalue weighted by Crippen LogP contribution is -2.36. The number of ether oxygens (including phenoxy) is 1. The minimum Gasteiger partial charge on any atom is -0.479 e. The molecule has 2 N–H and O–H groups in total. The van der Waals surface area contributed by atoms with Gasteiger partial charge in [-0.3, -0.25) is 4.79 Å². The van der Waals surface area contributed by atoms with E-state index in [4.69, 9.17) is 10.2 Å². The molecule has 0 spiro atoms. The first-order valence-corrected chi connectivity index (χ1v) is 3.12. The number of carboxylic acids is 1. The highest BCUT2D eigenvalue weighted by Crippen LogP contribution is 1.89. The van der Waals surface area contributed by atoms with Gasteiger partial charge in [-0.15, -0.1) is 0 Å².